The molecule has 4 rings (SSSR count). The monoisotopic (exact) mass is 463 g/mol. The van der Waals surface area contributed by atoms with Gasteiger partial charge in [0.1, 0.15) is 18.9 Å². The number of hydrogen-bond acceptors (Lipinski definition) is 6. The van der Waals surface area contributed by atoms with Crippen molar-refractivity contribution in [3.8, 4) is 23.3 Å². The van der Waals surface area contributed by atoms with Gasteiger partial charge < -0.3 is 14.8 Å². The molecule has 1 amide bonds. The Morgan fingerprint density at radius 3 is 2.64 bits per heavy atom. The summed E-state index contributed by atoms with van der Waals surface area (Å²) in [4.78, 5) is 16.7. The SMILES string of the molecule is CN(CC(=O)Nc1cccc(C#Cc2ccccn2)c1)S(=O)(=O)c1ccc2c(c1)OCCO2. The van der Waals surface area contributed by atoms with E-state index < -0.39 is 15.9 Å². The summed E-state index contributed by atoms with van der Waals surface area (Å²) in [5.41, 5.74) is 1.84. The van der Waals surface area contributed by atoms with Gasteiger partial charge in [0.15, 0.2) is 11.5 Å². The van der Waals surface area contributed by atoms with Gasteiger partial charge in [-0.2, -0.15) is 4.31 Å². The number of aromatic nitrogens is 1. The number of hydrogen-bond donors (Lipinski definition) is 1. The van der Waals surface area contributed by atoms with Crippen LogP contribution in [-0.4, -0.2) is 50.4 Å². The second-order valence-corrected chi connectivity index (χ2v) is 9.21. The Morgan fingerprint density at radius 2 is 1.85 bits per heavy atom. The van der Waals surface area contributed by atoms with Crippen LogP contribution in [0.15, 0.2) is 71.8 Å². The summed E-state index contributed by atoms with van der Waals surface area (Å²) in [5, 5.41) is 2.71. The first-order valence-corrected chi connectivity index (χ1v) is 11.5. The zero-order valence-electron chi connectivity index (χ0n) is 17.8. The number of fused-ring (bicyclic) bond motifs is 1. The van der Waals surface area contributed by atoms with E-state index in [1.165, 1.54) is 19.2 Å². The number of likely N-dealkylation sites (N-methyl/N-ethyl adjacent to an activating group) is 1. The summed E-state index contributed by atoms with van der Waals surface area (Å²) in [5.74, 6) is 6.33. The molecule has 0 aliphatic carbocycles. The molecule has 3 aromatic rings. The number of amides is 1. The largest absolute Gasteiger partial charge is 0.486 e. The predicted molar refractivity (Wildman–Crippen MR) is 123 cm³/mol. The molecule has 0 saturated carbocycles. The minimum absolute atomic E-state index is 0.0221. The molecule has 0 saturated heterocycles. The maximum absolute atomic E-state index is 12.9. The van der Waals surface area contributed by atoms with E-state index in [1.54, 1.807) is 36.5 Å². The van der Waals surface area contributed by atoms with Gasteiger partial charge in [-0.15, -0.1) is 0 Å². The van der Waals surface area contributed by atoms with Crippen LogP contribution in [0.5, 0.6) is 11.5 Å². The molecule has 1 aromatic heterocycles. The molecule has 33 heavy (non-hydrogen) atoms. The van der Waals surface area contributed by atoms with Crippen molar-refractivity contribution in [2.45, 2.75) is 4.90 Å². The van der Waals surface area contributed by atoms with E-state index in [4.69, 9.17) is 9.47 Å². The lowest BCUT2D eigenvalue weighted by Crippen LogP contribution is -2.35. The first-order valence-electron chi connectivity index (χ1n) is 10.1. The molecule has 9 heteroatoms. The molecule has 168 valence electrons. The Bertz CT molecular complexity index is 1330. The van der Waals surface area contributed by atoms with Gasteiger partial charge >= 0.3 is 0 Å². The maximum atomic E-state index is 12.9. The van der Waals surface area contributed by atoms with Gasteiger partial charge in [0, 0.05) is 30.6 Å². The zero-order valence-corrected chi connectivity index (χ0v) is 18.6. The van der Waals surface area contributed by atoms with Gasteiger partial charge in [-0.1, -0.05) is 18.1 Å². The highest BCUT2D eigenvalue weighted by Crippen LogP contribution is 2.32. The molecular formula is C24H21N3O5S. The zero-order chi connectivity index (χ0) is 23.3. The highest BCUT2D eigenvalue weighted by molar-refractivity contribution is 7.89. The Kier molecular flexibility index (Phi) is 6.58. The van der Waals surface area contributed by atoms with E-state index in [-0.39, 0.29) is 11.4 Å². The Hall–Kier alpha value is -3.87. The fourth-order valence-corrected chi connectivity index (χ4v) is 4.24. The molecule has 0 radical (unpaired) electrons. The highest BCUT2D eigenvalue weighted by Gasteiger charge is 2.25. The van der Waals surface area contributed by atoms with Crippen molar-refractivity contribution in [1.29, 1.82) is 0 Å². The molecule has 0 fully saturated rings. The van der Waals surface area contributed by atoms with Crippen molar-refractivity contribution in [1.82, 2.24) is 9.29 Å². The molecular weight excluding hydrogens is 442 g/mol. The van der Waals surface area contributed by atoms with Crippen LogP contribution >= 0.6 is 0 Å². The number of sulfonamides is 1. The van der Waals surface area contributed by atoms with Gasteiger partial charge in [-0.05, 0) is 48.4 Å². The second kappa shape index (κ2) is 9.73. The average Bonchev–Trinajstić information content (AvgIpc) is 2.83. The van der Waals surface area contributed by atoms with Crippen LogP contribution in [0, 0.1) is 11.8 Å². The topological polar surface area (TPSA) is 97.8 Å². The van der Waals surface area contributed by atoms with Crippen LogP contribution in [0.2, 0.25) is 0 Å². The first-order chi connectivity index (χ1) is 15.9. The number of benzene rings is 2. The summed E-state index contributed by atoms with van der Waals surface area (Å²) in [6.07, 6.45) is 1.66. The van der Waals surface area contributed by atoms with Gasteiger partial charge in [0.05, 0.1) is 11.4 Å². The van der Waals surface area contributed by atoms with Gasteiger partial charge in [-0.25, -0.2) is 13.4 Å². The Balaban J connectivity index is 1.42. The number of pyridine rings is 1. The number of anilines is 1. The second-order valence-electron chi connectivity index (χ2n) is 7.16. The summed E-state index contributed by atoms with van der Waals surface area (Å²) in [6.45, 7) is 0.399. The standard InChI is InChI=1S/C24H21N3O5S/c1-27(33(29,30)21-10-11-22-23(16-21)32-14-13-31-22)17-24(28)26-20-7-4-5-18(15-20)8-9-19-6-2-3-12-25-19/h2-7,10-12,15-16H,13-14,17H2,1H3,(H,26,28). The summed E-state index contributed by atoms with van der Waals surface area (Å²) in [6, 6.07) is 16.8. The minimum atomic E-state index is -3.90. The van der Waals surface area contributed by atoms with Crippen molar-refractivity contribution in [2.75, 3.05) is 32.1 Å². The average molecular weight is 464 g/mol. The normalized spacial score (nSPS) is 12.5. The summed E-state index contributed by atoms with van der Waals surface area (Å²) >= 11 is 0. The lowest BCUT2D eigenvalue weighted by Gasteiger charge is -2.21. The molecule has 1 aliphatic rings. The Labute approximate surface area is 192 Å². The van der Waals surface area contributed by atoms with Gasteiger partial charge in [0.25, 0.3) is 0 Å². The van der Waals surface area contributed by atoms with Crippen molar-refractivity contribution in [2.24, 2.45) is 0 Å². The maximum Gasteiger partial charge on any atom is 0.243 e. The molecule has 0 atom stereocenters. The van der Waals surface area contributed by atoms with Crippen LogP contribution in [0.25, 0.3) is 0 Å². The van der Waals surface area contributed by atoms with E-state index in [2.05, 4.69) is 22.1 Å². The fourth-order valence-electron chi connectivity index (χ4n) is 3.10. The predicted octanol–water partition coefficient (Wildman–Crippen LogP) is 2.51. The lowest BCUT2D eigenvalue weighted by atomic mass is 10.2. The van der Waals surface area contributed by atoms with E-state index in [0.29, 0.717) is 41.7 Å². The molecule has 0 unspecified atom stereocenters. The van der Waals surface area contributed by atoms with E-state index >= 15 is 0 Å². The molecule has 1 N–H and O–H groups in total. The number of nitrogens with one attached hydrogen (secondary N) is 1. The quantitative estimate of drug-likeness (QED) is 0.584. The van der Waals surface area contributed by atoms with E-state index in [9.17, 15) is 13.2 Å². The lowest BCUT2D eigenvalue weighted by molar-refractivity contribution is -0.116. The molecule has 0 spiro atoms. The first kappa shape index (κ1) is 22.3. The van der Waals surface area contributed by atoms with Crippen molar-refractivity contribution in [3.05, 3.63) is 78.1 Å². The molecule has 8 nitrogen and oxygen atoms in total. The number of carbonyl (C=O) groups is 1. The van der Waals surface area contributed by atoms with Crippen molar-refractivity contribution in [3.63, 3.8) is 0 Å². The van der Waals surface area contributed by atoms with E-state index in [0.717, 1.165) is 4.31 Å². The molecule has 0 bridgehead atoms. The Morgan fingerprint density at radius 1 is 1.03 bits per heavy atom. The van der Waals surface area contributed by atoms with Crippen LogP contribution < -0.4 is 14.8 Å². The smallest absolute Gasteiger partial charge is 0.243 e. The number of rotatable bonds is 5. The molecule has 2 aromatic carbocycles. The van der Waals surface area contributed by atoms with Crippen LogP contribution in [0.1, 0.15) is 11.3 Å². The van der Waals surface area contributed by atoms with Crippen LogP contribution in [0.3, 0.4) is 0 Å². The minimum Gasteiger partial charge on any atom is -0.486 e. The number of ether oxygens (including phenoxy) is 2. The third-order valence-corrected chi connectivity index (χ3v) is 6.53. The fraction of sp³-hybridized carbons (Fsp3) is 0.167. The third-order valence-electron chi connectivity index (χ3n) is 4.73. The van der Waals surface area contributed by atoms with E-state index in [1.807, 2.05) is 18.2 Å². The number of nitrogens with zero attached hydrogens (tertiary/aromatic N) is 2. The molecule has 1 aliphatic heterocycles. The van der Waals surface area contributed by atoms with Crippen LogP contribution in [0.4, 0.5) is 5.69 Å². The van der Waals surface area contributed by atoms with Gasteiger partial charge in [0.2, 0.25) is 15.9 Å². The molecule has 2 heterocycles. The van der Waals surface area contributed by atoms with Gasteiger partial charge in [-0.3, -0.25) is 4.79 Å². The highest BCUT2D eigenvalue weighted by atomic mass is 32.2. The summed E-state index contributed by atoms with van der Waals surface area (Å²) in [7, 11) is -2.55. The van der Waals surface area contributed by atoms with Crippen molar-refractivity contribution >= 4 is 21.6 Å². The van der Waals surface area contributed by atoms with Crippen molar-refractivity contribution < 1.29 is 22.7 Å². The summed E-state index contributed by atoms with van der Waals surface area (Å²) < 4.78 is 37.7. The number of carbonyl (C=O) groups excluding carboxylic acids is 1. The van der Waals surface area contributed by atoms with Crippen LogP contribution in [-0.2, 0) is 14.8 Å². The third kappa shape index (κ3) is 5.49.